The molecule has 1 N–H and O–H groups in total. The Labute approximate surface area is 142 Å². The van der Waals surface area contributed by atoms with Gasteiger partial charge in [0.05, 0.1) is 10.5 Å². The maximum atomic E-state index is 12.8. The number of nitro groups is 1. The van der Waals surface area contributed by atoms with Gasteiger partial charge in [0.25, 0.3) is 11.6 Å². The summed E-state index contributed by atoms with van der Waals surface area (Å²) in [5.41, 5.74) is 0.304. The van der Waals surface area contributed by atoms with Gasteiger partial charge in [-0.2, -0.15) is 0 Å². The summed E-state index contributed by atoms with van der Waals surface area (Å²) >= 11 is 0. The SMILES string of the molecule is Cc1c(C(=O)OC(C)C(=O)Nc2ccc(F)cc2)cccc1[N+](=O)[O-]. The maximum Gasteiger partial charge on any atom is 0.339 e. The lowest BCUT2D eigenvalue weighted by atomic mass is 10.1. The largest absolute Gasteiger partial charge is 0.449 e. The van der Waals surface area contributed by atoms with Gasteiger partial charge in [0.15, 0.2) is 6.10 Å². The number of hydrogen-bond donors (Lipinski definition) is 1. The first-order valence-electron chi connectivity index (χ1n) is 7.31. The number of benzene rings is 2. The number of nitrogens with zero attached hydrogens (tertiary/aromatic N) is 1. The van der Waals surface area contributed by atoms with Crippen molar-refractivity contribution in [2.24, 2.45) is 0 Å². The molecule has 1 atom stereocenters. The first-order chi connectivity index (χ1) is 11.8. The van der Waals surface area contributed by atoms with Crippen LogP contribution in [0.4, 0.5) is 15.8 Å². The molecule has 0 bridgehead atoms. The molecule has 130 valence electrons. The average molecular weight is 346 g/mol. The van der Waals surface area contributed by atoms with Crippen molar-refractivity contribution >= 4 is 23.3 Å². The number of nitro benzene ring substituents is 1. The molecule has 0 aliphatic heterocycles. The molecule has 2 aromatic rings. The quantitative estimate of drug-likeness (QED) is 0.509. The van der Waals surface area contributed by atoms with Crippen molar-refractivity contribution in [3.63, 3.8) is 0 Å². The molecule has 2 aromatic carbocycles. The van der Waals surface area contributed by atoms with E-state index in [-0.39, 0.29) is 16.8 Å². The van der Waals surface area contributed by atoms with Crippen molar-refractivity contribution in [2.45, 2.75) is 20.0 Å². The predicted octanol–water partition coefficient (Wildman–Crippen LogP) is 3.23. The fourth-order valence-corrected chi connectivity index (χ4v) is 2.10. The molecule has 2 rings (SSSR count). The van der Waals surface area contributed by atoms with Gasteiger partial charge in [-0.15, -0.1) is 0 Å². The molecule has 8 heteroatoms. The number of carbonyl (C=O) groups excluding carboxylic acids is 2. The second kappa shape index (κ2) is 7.52. The van der Waals surface area contributed by atoms with Crippen molar-refractivity contribution in [3.8, 4) is 0 Å². The summed E-state index contributed by atoms with van der Waals surface area (Å²) in [5.74, 6) is -1.90. The van der Waals surface area contributed by atoms with Gasteiger partial charge in [-0.3, -0.25) is 14.9 Å². The molecule has 7 nitrogen and oxygen atoms in total. The zero-order chi connectivity index (χ0) is 18.6. The zero-order valence-electron chi connectivity index (χ0n) is 13.5. The van der Waals surface area contributed by atoms with E-state index < -0.39 is 28.7 Å². The minimum Gasteiger partial charge on any atom is -0.449 e. The van der Waals surface area contributed by atoms with Crippen molar-refractivity contribution < 1.29 is 23.6 Å². The van der Waals surface area contributed by atoms with E-state index in [0.29, 0.717) is 5.69 Å². The van der Waals surface area contributed by atoms with Gasteiger partial charge >= 0.3 is 5.97 Å². The van der Waals surface area contributed by atoms with Crippen molar-refractivity contribution in [3.05, 3.63) is 69.5 Å². The smallest absolute Gasteiger partial charge is 0.339 e. The van der Waals surface area contributed by atoms with Crippen LogP contribution >= 0.6 is 0 Å². The van der Waals surface area contributed by atoms with Gasteiger partial charge in [-0.1, -0.05) is 6.07 Å². The maximum absolute atomic E-state index is 12.8. The van der Waals surface area contributed by atoms with Gasteiger partial charge in [0.2, 0.25) is 0 Å². The summed E-state index contributed by atoms with van der Waals surface area (Å²) in [6.45, 7) is 2.79. The highest BCUT2D eigenvalue weighted by Gasteiger charge is 2.23. The lowest BCUT2D eigenvalue weighted by Crippen LogP contribution is -2.30. The predicted molar refractivity (Wildman–Crippen MR) is 87.7 cm³/mol. The highest BCUT2D eigenvalue weighted by Crippen LogP contribution is 2.22. The minimum absolute atomic E-state index is 0.00984. The second-order valence-corrected chi connectivity index (χ2v) is 5.25. The highest BCUT2D eigenvalue weighted by atomic mass is 19.1. The Bertz CT molecular complexity index is 820. The molecule has 0 saturated heterocycles. The summed E-state index contributed by atoms with van der Waals surface area (Å²) in [7, 11) is 0. The summed E-state index contributed by atoms with van der Waals surface area (Å²) in [5, 5.41) is 13.4. The van der Waals surface area contributed by atoms with Crippen LogP contribution in [0.15, 0.2) is 42.5 Å². The Balaban J connectivity index is 2.07. The van der Waals surface area contributed by atoms with Gasteiger partial charge in [0, 0.05) is 17.3 Å². The number of ether oxygens (including phenoxy) is 1. The standard InChI is InChI=1S/C17H15FN2O5/c1-10-14(4-3-5-15(10)20(23)24)17(22)25-11(2)16(21)19-13-8-6-12(18)7-9-13/h3-9,11H,1-2H3,(H,19,21). The Morgan fingerprint density at radius 3 is 2.44 bits per heavy atom. The van der Waals surface area contributed by atoms with E-state index in [1.165, 1.54) is 56.3 Å². The Morgan fingerprint density at radius 2 is 1.84 bits per heavy atom. The van der Waals surface area contributed by atoms with E-state index in [0.717, 1.165) is 0 Å². The third-order valence-electron chi connectivity index (χ3n) is 3.49. The van der Waals surface area contributed by atoms with Crippen molar-refractivity contribution in [1.29, 1.82) is 0 Å². The monoisotopic (exact) mass is 346 g/mol. The summed E-state index contributed by atoms with van der Waals surface area (Å²) < 4.78 is 17.9. The van der Waals surface area contributed by atoms with Crippen molar-refractivity contribution in [2.75, 3.05) is 5.32 Å². The number of hydrogen-bond acceptors (Lipinski definition) is 5. The van der Waals surface area contributed by atoms with Crippen LogP contribution in [0.2, 0.25) is 0 Å². The lowest BCUT2D eigenvalue weighted by Gasteiger charge is -2.14. The van der Waals surface area contributed by atoms with E-state index in [1.54, 1.807) is 0 Å². The number of esters is 1. The third kappa shape index (κ3) is 4.37. The van der Waals surface area contributed by atoms with Crippen LogP contribution in [0.1, 0.15) is 22.8 Å². The van der Waals surface area contributed by atoms with Gasteiger partial charge in [-0.05, 0) is 44.2 Å². The molecule has 0 spiro atoms. The fourth-order valence-electron chi connectivity index (χ4n) is 2.10. The van der Waals surface area contributed by atoms with E-state index in [4.69, 9.17) is 4.74 Å². The topological polar surface area (TPSA) is 98.5 Å². The van der Waals surface area contributed by atoms with Gasteiger partial charge in [0.1, 0.15) is 5.82 Å². The molecule has 0 aliphatic carbocycles. The molecular weight excluding hydrogens is 331 g/mol. The summed E-state index contributed by atoms with van der Waals surface area (Å²) in [6, 6.07) is 9.12. The molecule has 0 radical (unpaired) electrons. The Morgan fingerprint density at radius 1 is 1.20 bits per heavy atom. The van der Waals surface area contributed by atoms with Gasteiger partial charge in [-0.25, -0.2) is 9.18 Å². The number of nitrogens with one attached hydrogen (secondary N) is 1. The van der Waals surface area contributed by atoms with Gasteiger partial charge < -0.3 is 10.1 Å². The lowest BCUT2D eigenvalue weighted by molar-refractivity contribution is -0.385. The first kappa shape index (κ1) is 18.1. The number of halogens is 1. The highest BCUT2D eigenvalue weighted by molar-refractivity contribution is 5.98. The zero-order valence-corrected chi connectivity index (χ0v) is 13.5. The molecule has 0 saturated carbocycles. The summed E-state index contributed by atoms with van der Waals surface area (Å²) in [6.07, 6.45) is -1.14. The van der Waals surface area contributed by atoms with E-state index >= 15 is 0 Å². The van der Waals surface area contributed by atoms with Crippen molar-refractivity contribution in [1.82, 2.24) is 0 Å². The molecule has 1 amide bonds. The molecule has 0 aromatic heterocycles. The van der Waals surface area contributed by atoms with E-state index in [9.17, 15) is 24.1 Å². The molecule has 0 fully saturated rings. The number of rotatable bonds is 5. The van der Waals surface area contributed by atoms with Crippen LogP contribution in [0.5, 0.6) is 0 Å². The van der Waals surface area contributed by atoms with Crippen LogP contribution in [-0.2, 0) is 9.53 Å². The number of anilines is 1. The van der Waals surface area contributed by atoms with Crippen LogP contribution in [0, 0.1) is 22.9 Å². The first-order valence-corrected chi connectivity index (χ1v) is 7.31. The number of amides is 1. The van der Waals surface area contributed by atoms with E-state index in [2.05, 4.69) is 5.32 Å². The van der Waals surface area contributed by atoms with Crippen LogP contribution < -0.4 is 5.32 Å². The Kier molecular flexibility index (Phi) is 5.43. The second-order valence-electron chi connectivity index (χ2n) is 5.25. The van der Waals surface area contributed by atoms with Crippen LogP contribution in [0.25, 0.3) is 0 Å². The van der Waals surface area contributed by atoms with Crippen LogP contribution in [-0.4, -0.2) is 22.9 Å². The fraction of sp³-hybridized carbons (Fsp3) is 0.176. The average Bonchev–Trinajstić information content (AvgIpc) is 2.56. The van der Waals surface area contributed by atoms with E-state index in [1.807, 2.05) is 0 Å². The third-order valence-corrected chi connectivity index (χ3v) is 3.49. The minimum atomic E-state index is -1.14. The number of carbonyl (C=O) groups is 2. The Hall–Kier alpha value is -3.29. The molecule has 0 heterocycles. The van der Waals surface area contributed by atoms with Crippen LogP contribution in [0.3, 0.4) is 0 Å². The summed E-state index contributed by atoms with van der Waals surface area (Å²) in [4.78, 5) is 34.5. The molecular formula is C17H15FN2O5. The molecule has 25 heavy (non-hydrogen) atoms. The molecule has 0 aliphatic rings. The normalized spacial score (nSPS) is 11.5. The molecule has 1 unspecified atom stereocenters.